The van der Waals surface area contributed by atoms with E-state index in [1.807, 2.05) is 0 Å². The van der Waals surface area contributed by atoms with Gasteiger partial charge in [-0.3, -0.25) is 0 Å². The zero-order valence-electron chi connectivity index (χ0n) is 8.44. The highest BCUT2D eigenvalue weighted by atomic mass is 28.3. The van der Waals surface area contributed by atoms with Crippen LogP contribution < -0.4 is 0 Å². The van der Waals surface area contributed by atoms with Gasteiger partial charge in [0.15, 0.2) is 0 Å². The van der Waals surface area contributed by atoms with E-state index in [0.29, 0.717) is 6.54 Å². The van der Waals surface area contributed by atoms with Crippen LogP contribution in [0.3, 0.4) is 0 Å². The quantitative estimate of drug-likeness (QED) is 0.735. The molecule has 1 heterocycles. The predicted octanol–water partition coefficient (Wildman–Crippen LogP) is 0.977. The molecule has 0 radical (unpaired) electrons. The molecular weight excluding hydrogens is 182 g/mol. The normalized spacial score (nSPS) is 14.5. The standard InChI is InChI=1S/C8H17N3OSi/c1-13(2,3)7-8(12)6-11-5-4-9-10-11/h4-5,8,12H,6-7H2,1-3H3. The van der Waals surface area contributed by atoms with Crippen LogP contribution >= 0.6 is 0 Å². The maximum absolute atomic E-state index is 9.70. The molecule has 0 bridgehead atoms. The molecule has 1 atom stereocenters. The fourth-order valence-corrected chi connectivity index (χ4v) is 2.86. The number of rotatable bonds is 4. The maximum Gasteiger partial charge on any atom is 0.0713 e. The van der Waals surface area contributed by atoms with Gasteiger partial charge in [0.2, 0.25) is 0 Å². The Hall–Kier alpha value is -0.683. The molecule has 0 saturated heterocycles. The van der Waals surface area contributed by atoms with E-state index < -0.39 is 8.07 Å². The Kier molecular flexibility index (Phi) is 3.21. The lowest BCUT2D eigenvalue weighted by atomic mass is 10.4. The Morgan fingerprint density at radius 3 is 2.62 bits per heavy atom. The summed E-state index contributed by atoms with van der Waals surface area (Å²) in [5.41, 5.74) is 0. The molecule has 1 unspecified atom stereocenters. The largest absolute Gasteiger partial charge is 0.391 e. The topological polar surface area (TPSA) is 50.9 Å². The fourth-order valence-electron chi connectivity index (χ4n) is 1.32. The summed E-state index contributed by atoms with van der Waals surface area (Å²) in [6.07, 6.45) is 3.11. The Morgan fingerprint density at radius 2 is 2.15 bits per heavy atom. The monoisotopic (exact) mass is 199 g/mol. The second kappa shape index (κ2) is 4.02. The van der Waals surface area contributed by atoms with Gasteiger partial charge in [0.25, 0.3) is 0 Å². The molecule has 1 aromatic heterocycles. The average molecular weight is 199 g/mol. The minimum atomic E-state index is -1.17. The van der Waals surface area contributed by atoms with E-state index in [4.69, 9.17) is 0 Å². The first-order valence-corrected chi connectivity index (χ1v) is 8.20. The third-order valence-corrected chi connectivity index (χ3v) is 3.41. The van der Waals surface area contributed by atoms with E-state index >= 15 is 0 Å². The molecule has 0 spiro atoms. The van der Waals surface area contributed by atoms with Crippen molar-refractivity contribution in [3.8, 4) is 0 Å². The van der Waals surface area contributed by atoms with E-state index in [2.05, 4.69) is 30.0 Å². The lowest BCUT2D eigenvalue weighted by Gasteiger charge is -2.19. The van der Waals surface area contributed by atoms with Crippen molar-refractivity contribution in [1.29, 1.82) is 0 Å². The number of hydrogen-bond acceptors (Lipinski definition) is 3. The van der Waals surface area contributed by atoms with Crippen molar-refractivity contribution in [2.75, 3.05) is 0 Å². The summed E-state index contributed by atoms with van der Waals surface area (Å²) in [4.78, 5) is 0. The molecule has 0 aliphatic heterocycles. The second-order valence-corrected chi connectivity index (χ2v) is 10.1. The predicted molar refractivity (Wildman–Crippen MR) is 54.2 cm³/mol. The van der Waals surface area contributed by atoms with Gasteiger partial charge in [0.05, 0.1) is 18.8 Å². The highest BCUT2D eigenvalue weighted by molar-refractivity contribution is 6.76. The second-order valence-electron chi connectivity index (χ2n) is 4.54. The van der Waals surface area contributed by atoms with Crippen LogP contribution in [0.4, 0.5) is 0 Å². The van der Waals surface area contributed by atoms with Crippen LogP contribution in [-0.2, 0) is 6.54 Å². The molecule has 0 fully saturated rings. The van der Waals surface area contributed by atoms with Crippen LogP contribution in [0, 0.1) is 0 Å². The van der Waals surface area contributed by atoms with Crippen LogP contribution in [-0.4, -0.2) is 34.3 Å². The molecule has 13 heavy (non-hydrogen) atoms. The zero-order chi connectivity index (χ0) is 9.90. The minimum absolute atomic E-state index is 0.284. The van der Waals surface area contributed by atoms with E-state index in [-0.39, 0.29) is 6.10 Å². The first-order valence-electron chi connectivity index (χ1n) is 4.49. The number of aliphatic hydroxyl groups is 1. The SMILES string of the molecule is C[Si](C)(C)CC(O)Cn1ccnn1. The van der Waals surface area contributed by atoms with Crippen molar-refractivity contribution >= 4 is 8.07 Å². The molecule has 0 aliphatic rings. The van der Waals surface area contributed by atoms with E-state index in [1.165, 1.54) is 0 Å². The van der Waals surface area contributed by atoms with Crippen LogP contribution in [0.15, 0.2) is 12.4 Å². The molecule has 4 nitrogen and oxygen atoms in total. The van der Waals surface area contributed by atoms with Gasteiger partial charge in [-0.15, -0.1) is 5.10 Å². The van der Waals surface area contributed by atoms with Gasteiger partial charge >= 0.3 is 0 Å². The van der Waals surface area contributed by atoms with Crippen molar-refractivity contribution in [1.82, 2.24) is 15.0 Å². The lowest BCUT2D eigenvalue weighted by Crippen LogP contribution is -2.29. The molecular formula is C8H17N3OSi. The molecule has 1 rings (SSSR count). The van der Waals surface area contributed by atoms with Gasteiger partial charge in [-0.2, -0.15) is 0 Å². The van der Waals surface area contributed by atoms with Crippen molar-refractivity contribution in [2.45, 2.75) is 38.3 Å². The molecule has 0 aliphatic carbocycles. The van der Waals surface area contributed by atoms with Crippen LogP contribution in [0.2, 0.25) is 25.7 Å². The molecule has 1 aromatic rings. The minimum Gasteiger partial charge on any atom is -0.391 e. The summed E-state index contributed by atoms with van der Waals surface area (Å²) in [5.74, 6) is 0. The highest BCUT2D eigenvalue weighted by Crippen LogP contribution is 2.12. The molecule has 74 valence electrons. The van der Waals surface area contributed by atoms with Gasteiger partial charge in [0.1, 0.15) is 0 Å². The van der Waals surface area contributed by atoms with Crippen molar-refractivity contribution in [3.05, 3.63) is 12.4 Å². The maximum atomic E-state index is 9.70. The van der Waals surface area contributed by atoms with Crippen molar-refractivity contribution in [3.63, 3.8) is 0 Å². The summed E-state index contributed by atoms with van der Waals surface area (Å²) in [6.45, 7) is 7.30. The molecule has 0 amide bonds. The van der Waals surface area contributed by atoms with Crippen LogP contribution in [0.5, 0.6) is 0 Å². The third kappa shape index (κ3) is 4.19. The number of hydrogen-bond donors (Lipinski definition) is 1. The van der Waals surface area contributed by atoms with Gasteiger partial charge in [0, 0.05) is 14.3 Å². The Bertz CT molecular complexity index is 242. The average Bonchev–Trinajstić information content (AvgIpc) is 2.34. The fraction of sp³-hybridized carbons (Fsp3) is 0.750. The summed E-state index contributed by atoms with van der Waals surface area (Å²) < 4.78 is 1.67. The first-order chi connectivity index (χ1) is 5.97. The Labute approximate surface area is 79.6 Å². The smallest absolute Gasteiger partial charge is 0.0713 e. The van der Waals surface area contributed by atoms with Crippen molar-refractivity contribution in [2.24, 2.45) is 0 Å². The number of nitrogens with zero attached hydrogens (tertiary/aromatic N) is 3. The van der Waals surface area contributed by atoms with Gasteiger partial charge < -0.3 is 5.11 Å². The van der Waals surface area contributed by atoms with E-state index in [0.717, 1.165) is 6.04 Å². The third-order valence-electron chi connectivity index (χ3n) is 1.72. The number of aromatic nitrogens is 3. The Balaban J connectivity index is 2.38. The highest BCUT2D eigenvalue weighted by Gasteiger charge is 2.18. The summed E-state index contributed by atoms with van der Waals surface area (Å²) in [5, 5.41) is 17.2. The van der Waals surface area contributed by atoms with E-state index in [9.17, 15) is 5.11 Å². The van der Waals surface area contributed by atoms with Gasteiger partial charge in [-0.1, -0.05) is 24.9 Å². The van der Waals surface area contributed by atoms with Gasteiger partial charge in [-0.25, -0.2) is 4.68 Å². The number of aliphatic hydroxyl groups excluding tert-OH is 1. The lowest BCUT2D eigenvalue weighted by molar-refractivity contribution is 0.166. The van der Waals surface area contributed by atoms with Gasteiger partial charge in [-0.05, 0) is 6.04 Å². The van der Waals surface area contributed by atoms with Crippen molar-refractivity contribution < 1.29 is 5.11 Å². The first kappa shape index (κ1) is 10.4. The molecule has 0 saturated carbocycles. The summed E-state index contributed by atoms with van der Waals surface area (Å²) in [7, 11) is -1.17. The summed E-state index contributed by atoms with van der Waals surface area (Å²) in [6, 6.07) is 0.910. The molecule has 1 N–H and O–H groups in total. The molecule has 0 aromatic carbocycles. The van der Waals surface area contributed by atoms with Crippen LogP contribution in [0.1, 0.15) is 0 Å². The van der Waals surface area contributed by atoms with E-state index in [1.54, 1.807) is 17.1 Å². The molecule has 5 heteroatoms. The Morgan fingerprint density at radius 1 is 1.46 bits per heavy atom. The summed E-state index contributed by atoms with van der Waals surface area (Å²) >= 11 is 0. The van der Waals surface area contributed by atoms with Crippen LogP contribution in [0.25, 0.3) is 0 Å². The zero-order valence-corrected chi connectivity index (χ0v) is 9.44.